The Hall–Kier alpha value is -0.160. The van der Waals surface area contributed by atoms with E-state index in [0.717, 1.165) is 11.0 Å². The van der Waals surface area contributed by atoms with Gasteiger partial charge in [0.15, 0.2) is 0 Å². The van der Waals surface area contributed by atoms with Gasteiger partial charge in [-0.2, -0.15) is 0 Å². The molecule has 0 aliphatic rings. The Kier molecular flexibility index (Phi) is 4.79. The minimum Gasteiger partial charge on any atom is -0.306 e. The Morgan fingerprint density at radius 3 is 2.71 bits per heavy atom. The predicted molar refractivity (Wildman–Crippen MR) is 81.4 cm³/mol. The highest BCUT2D eigenvalue weighted by molar-refractivity contribution is 9.11. The van der Waals surface area contributed by atoms with Gasteiger partial charge in [0, 0.05) is 17.1 Å². The second-order valence-corrected chi connectivity index (χ2v) is 7.03. The molecule has 1 unspecified atom stereocenters. The highest BCUT2D eigenvalue weighted by Crippen LogP contribution is 2.24. The molecule has 2 aromatic rings. The summed E-state index contributed by atoms with van der Waals surface area (Å²) in [4.78, 5) is 0. The molecule has 0 bridgehead atoms. The van der Waals surface area contributed by atoms with Crippen LogP contribution in [0.3, 0.4) is 0 Å². The molecular formula is C13H13Br2NS. The average Bonchev–Trinajstić information content (AvgIpc) is 2.73. The van der Waals surface area contributed by atoms with Gasteiger partial charge in [0.25, 0.3) is 0 Å². The first-order valence-electron chi connectivity index (χ1n) is 5.37. The van der Waals surface area contributed by atoms with Gasteiger partial charge in [-0.05, 0) is 51.5 Å². The van der Waals surface area contributed by atoms with Gasteiger partial charge in [-0.1, -0.05) is 34.1 Å². The fraction of sp³-hybridized carbons (Fsp3) is 0.231. The lowest BCUT2D eigenvalue weighted by Crippen LogP contribution is -2.18. The summed E-state index contributed by atoms with van der Waals surface area (Å²) in [6, 6.07) is 10.8. The number of thiophene rings is 1. The van der Waals surface area contributed by atoms with Crippen LogP contribution < -0.4 is 5.32 Å². The lowest BCUT2D eigenvalue weighted by atomic mass is 10.1. The standard InChI is InChI=1S/C13H13Br2NS/c1-9(11-4-2-3-5-12(11)14)16-7-10-6-13(15)17-8-10/h2-6,8-9,16H,7H2,1H3. The van der Waals surface area contributed by atoms with Crippen LogP contribution in [0.25, 0.3) is 0 Å². The fourth-order valence-corrected chi connectivity index (χ4v) is 3.48. The molecule has 2 rings (SSSR count). The number of hydrogen-bond donors (Lipinski definition) is 1. The zero-order valence-corrected chi connectivity index (χ0v) is 13.4. The second kappa shape index (κ2) is 6.14. The molecule has 1 aromatic carbocycles. The van der Waals surface area contributed by atoms with E-state index in [1.807, 2.05) is 6.07 Å². The van der Waals surface area contributed by atoms with Crippen LogP contribution in [0, 0.1) is 0 Å². The third-order valence-corrected chi connectivity index (χ3v) is 4.88. The molecule has 0 aliphatic heterocycles. The van der Waals surface area contributed by atoms with Gasteiger partial charge in [-0.25, -0.2) is 0 Å². The third-order valence-electron chi connectivity index (χ3n) is 2.61. The molecule has 1 aromatic heterocycles. The topological polar surface area (TPSA) is 12.0 Å². The summed E-state index contributed by atoms with van der Waals surface area (Å²) in [5, 5.41) is 5.70. The minimum absolute atomic E-state index is 0.337. The Morgan fingerprint density at radius 2 is 2.06 bits per heavy atom. The maximum Gasteiger partial charge on any atom is 0.0701 e. The van der Waals surface area contributed by atoms with E-state index in [1.165, 1.54) is 14.9 Å². The smallest absolute Gasteiger partial charge is 0.0701 e. The van der Waals surface area contributed by atoms with Gasteiger partial charge in [-0.3, -0.25) is 0 Å². The normalized spacial score (nSPS) is 12.6. The zero-order valence-electron chi connectivity index (χ0n) is 9.41. The van der Waals surface area contributed by atoms with E-state index in [-0.39, 0.29) is 0 Å². The highest BCUT2D eigenvalue weighted by Gasteiger charge is 2.08. The third kappa shape index (κ3) is 3.65. The number of halogens is 2. The van der Waals surface area contributed by atoms with Crippen molar-refractivity contribution in [2.45, 2.75) is 19.5 Å². The molecule has 0 fully saturated rings. The van der Waals surface area contributed by atoms with Gasteiger partial charge < -0.3 is 5.32 Å². The SMILES string of the molecule is CC(NCc1csc(Br)c1)c1ccccc1Br. The molecule has 0 saturated heterocycles. The summed E-state index contributed by atoms with van der Waals surface area (Å²) in [6.45, 7) is 3.08. The van der Waals surface area contributed by atoms with Crippen LogP contribution in [-0.4, -0.2) is 0 Å². The molecular weight excluding hydrogens is 362 g/mol. The Bertz CT molecular complexity index is 496. The van der Waals surface area contributed by atoms with E-state index in [4.69, 9.17) is 0 Å². The van der Waals surface area contributed by atoms with Gasteiger partial charge in [-0.15, -0.1) is 11.3 Å². The van der Waals surface area contributed by atoms with E-state index in [1.54, 1.807) is 11.3 Å². The predicted octanol–water partition coefficient (Wildman–Crippen LogP) is 5.12. The van der Waals surface area contributed by atoms with Crippen LogP contribution in [-0.2, 0) is 6.54 Å². The highest BCUT2D eigenvalue weighted by atomic mass is 79.9. The van der Waals surface area contributed by atoms with E-state index >= 15 is 0 Å². The van der Waals surface area contributed by atoms with Gasteiger partial charge in [0.1, 0.15) is 0 Å². The molecule has 0 radical (unpaired) electrons. The minimum atomic E-state index is 0.337. The summed E-state index contributed by atoms with van der Waals surface area (Å²) >= 11 is 8.78. The molecule has 90 valence electrons. The average molecular weight is 375 g/mol. The van der Waals surface area contributed by atoms with Crippen molar-refractivity contribution < 1.29 is 0 Å². The van der Waals surface area contributed by atoms with E-state index in [0.29, 0.717) is 6.04 Å². The molecule has 1 nitrogen and oxygen atoms in total. The molecule has 0 amide bonds. The van der Waals surface area contributed by atoms with E-state index < -0.39 is 0 Å². The molecule has 1 heterocycles. The maximum absolute atomic E-state index is 3.58. The van der Waals surface area contributed by atoms with Gasteiger partial charge >= 0.3 is 0 Å². The largest absolute Gasteiger partial charge is 0.306 e. The van der Waals surface area contributed by atoms with Crippen LogP contribution in [0.1, 0.15) is 24.1 Å². The molecule has 0 spiro atoms. The lowest BCUT2D eigenvalue weighted by molar-refractivity contribution is 0.573. The fourth-order valence-electron chi connectivity index (χ4n) is 1.65. The van der Waals surface area contributed by atoms with E-state index in [9.17, 15) is 0 Å². The van der Waals surface area contributed by atoms with Crippen molar-refractivity contribution >= 4 is 43.2 Å². The monoisotopic (exact) mass is 373 g/mol. The number of benzene rings is 1. The first-order valence-corrected chi connectivity index (χ1v) is 7.84. The van der Waals surface area contributed by atoms with Crippen LogP contribution in [0.2, 0.25) is 0 Å². The zero-order chi connectivity index (χ0) is 12.3. The molecule has 1 atom stereocenters. The number of rotatable bonds is 4. The summed E-state index contributed by atoms with van der Waals surface area (Å²) in [5.41, 5.74) is 2.61. The number of nitrogens with one attached hydrogen (secondary N) is 1. The van der Waals surface area contributed by atoms with Gasteiger partial charge in [0.2, 0.25) is 0 Å². The maximum atomic E-state index is 3.58. The molecule has 4 heteroatoms. The van der Waals surface area contributed by atoms with Crippen molar-refractivity contribution in [3.63, 3.8) is 0 Å². The molecule has 1 N–H and O–H groups in total. The molecule has 0 aliphatic carbocycles. The quantitative estimate of drug-likeness (QED) is 0.782. The molecule has 0 saturated carbocycles. The number of hydrogen-bond acceptors (Lipinski definition) is 2. The second-order valence-electron chi connectivity index (χ2n) is 3.88. The van der Waals surface area contributed by atoms with Crippen molar-refractivity contribution in [1.29, 1.82) is 0 Å². The van der Waals surface area contributed by atoms with Gasteiger partial charge in [0.05, 0.1) is 3.79 Å². The summed E-state index contributed by atoms with van der Waals surface area (Å²) < 4.78 is 2.34. The summed E-state index contributed by atoms with van der Waals surface area (Å²) in [7, 11) is 0. The van der Waals surface area contributed by atoms with Crippen LogP contribution in [0.4, 0.5) is 0 Å². The van der Waals surface area contributed by atoms with Crippen LogP contribution in [0.15, 0.2) is 44.0 Å². The first-order chi connectivity index (χ1) is 8.16. The molecule has 17 heavy (non-hydrogen) atoms. The summed E-state index contributed by atoms with van der Waals surface area (Å²) in [5.74, 6) is 0. The van der Waals surface area contributed by atoms with Crippen LogP contribution >= 0.6 is 43.2 Å². The Morgan fingerprint density at radius 1 is 1.29 bits per heavy atom. The Balaban J connectivity index is 1.98. The van der Waals surface area contributed by atoms with Crippen LogP contribution in [0.5, 0.6) is 0 Å². The van der Waals surface area contributed by atoms with Crippen molar-refractivity contribution in [3.8, 4) is 0 Å². The summed E-state index contributed by atoms with van der Waals surface area (Å²) in [6.07, 6.45) is 0. The van der Waals surface area contributed by atoms with Crippen molar-refractivity contribution in [1.82, 2.24) is 5.32 Å². The van der Waals surface area contributed by atoms with Crippen molar-refractivity contribution in [2.24, 2.45) is 0 Å². The van der Waals surface area contributed by atoms with E-state index in [2.05, 4.69) is 73.7 Å². The Labute approximate surface area is 123 Å². The lowest BCUT2D eigenvalue weighted by Gasteiger charge is -2.15. The first kappa shape index (κ1) is 13.3. The van der Waals surface area contributed by atoms with Crippen molar-refractivity contribution in [3.05, 3.63) is 55.1 Å². The van der Waals surface area contributed by atoms with Crippen molar-refractivity contribution in [2.75, 3.05) is 0 Å².